The Morgan fingerprint density at radius 1 is 1.33 bits per heavy atom. The molecule has 1 aliphatic rings. The average molecular weight is 304 g/mol. The van der Waals surface area contributed by atoms with Gasteiger partial charge in [0.2, 0.25) is 0 Å². The first-order valence-corrected chi connectivity index (χ1v) is 8.00. The predicted molar refractivity (Wildman–Crippen MR) is 82.7 cm³/mol. The van der Waals surface area contributed by atoms with Crippen LogP contribution >= 0.6 is 35.0 Å². The monoisotopic (exact) mass is 303 g/mol. The second-order valence-corrected chi connectivity index (χ2v) is 7.87. The van der Waals surface area contributed by atoms with Crippen molar-refractivity contribution in [2.75, 3.05) is 26.4 Å². The number of nitrogens with zero attached hydrogens (tertiary/aromatic N) is 1. The molecule has 0 radical (unpaired) electrons. The zero-order valence-electron chi connectivity index (χ0n) is 10.8. The van der Waals surface area contributed by atoms with Gasteiger partial charge in [0.15, 0.2) is 0 Å². The maximum atomic E-state index is 6.24. The molecular weight excluding hydrogens is 285 g/mol. The molecule has 0 N–H and O–H groups in total. The Morgan fingerprint density at radius 2 is 1.94 bits per heavy atom. The summed E-state index contributed by atoms with van der Waals surface area (Å²) in [7, 11) is 4.20. The molecule has 2 unspecified atom stereocenters. The van der Waals surface area contributed by atoms with E-state index in [0.29, 0.717) is 11.2 Å². The molecule has 1 saturated carbocycles. The van der Waals surface area contributed by atoms with Crippen molar-refractivity contribution >= 4 is 35.0 Å². The van der Waals surface area contributed by atoms with Crippen LogP contribution in [0, 0.1) is 5.92 Å². The van der Waals surface area contributed by atoms with E-state index in [0.717, 1.165) is 18.7 Å². The van der Waals surface area contributed by atoms with Crippen molar-refractivity contribution < 1.29 is 0 Å². The third-order valence-electron chi connectivity index (χ3n) is 3.20. The molecular formula is C14H19Cl2NS. The summed E-state index contributed by atoms with van der Waals surface area (Å²) in [4.78, 5) is 2.20. The molecule has 1 aromatic rings. The molecule has 18 heavy (non-hydrogen) atoms. The van der Waals surface area contributed by atoms with Gasteiger partial charge in [-0.05, 0) is 26.1 Å². The molecule has 0 saturated heterocycles. The van der Waals surface area contributed by atoms with Gasteiger partial charge in [-0.1, -0.05) is 30.3 Å². The molecule has 4 heteroatoms. The number of alkyl halides is 2. The first kappa shape index (κ1) is 14.5. The van der Waals surface area contributed by atoms with E-state index < -0.39 is 4.33 Å². The van der Waals surface area contributed by atoms with Crippen LogP contribution in [0.1, 0.15) is 17.2 Å². The van der Waals surface area contributed by atoms with Gasteiger partial charge >= 0.3 is 0 Å². The summed E-state index contributed by atoms with van der Waals surface area (Å²) in [6, 6.07) is 10.6. The summed E-state index contributed by atoms with van der Waals surface area (Å²) in [6.07, 6.45) is 0.907. The van der Waals surface area contributed by atoms with Crippen molar-refractivity contribution in [1.82, 2.24) is 4.90 Å². The summed E-state index contributed by atoms with van der Waals surface area (Å²) in [6.45, 7) is 1.08. The molecule has 0 aliphatic heterocycles. The second-order valence-electron chi connectivity index (χ2n) is 5.08. The Bertz CT molecular complexity index is 381. The lowest BCUT2D eigenvalue weighted by atomic mass is 10.1. The molecule has 2 atom stereocenters. The van der Waals surface area contributed by atoms with Crippen LogP contribution in [-0.2, 0) is 0 Å². The molecule has 1 aliphatic carbocycles. The van der Waals surface area contributed by atoms with E-state index in [9.17, 15) is 0 Å². The highest BCUT2D eigenvalue weighted by Gasteiger charge is 2.55. The van der Waals surface area contributed by atoms with Crippen LogP contribution in [0.25, 0.3) is 0 Å². The van der Waals surface area contributed by atoms with Crippen LogP contribution < -0.4 is 0 Å². The van der Waals surface area contributed by atoms with Gasteiger partial charge in [0.05, 0.1) is 0 Å². The van der Waals surface area contributed by atoms with Gasteiger partial charge in [0.1, 0.15) is 4.33 Å². The van der Waals surface area contributed by atoms with Crippen LogP contribution in [-0.4, -0.2) is 35.6 Å². The fourth-order valence-electron chi connectivity index (χ4n) is 2.01. The Labute approximate surface area is 124 Å². The lowest BCUT2D eigenvalue weighted by molar-refractivity contribution is 0.437. The molecule has 1 aromatic carbocycles. The molecule has 0 amide bonds. The molecule has 0 spiro atoms. The average Bonchev–Trinajstić information content (AvgIpc) is 2.94. The number of hydrogen-bond acceptors (Lipinski definition) is 2. The Morgan fingerprint density at radius 3 is 2.44 bits per heavy atom. The van der Waals surface area contributed by atoms with E-state index in [1.807, 2.05) is 17.8 Å². The van der Waals surface area contributed by atoms with Gasteiger partial charge in [-0.2, -0.15) is 11.8 Å². The molecule has 2 rings (SSSR count). The topological polar surface area (TPSA) is 3.24 Å². The smallest absolute Gasteiger partial charge is 0.123 e. The fourth-order valence-corrected chi connectivity index (χ4v) is 4.38. The van der Waals surface area contributed by atoms with Crippen LogP contribution in [0.15, 0.2) is 30.3 Å². The summed E-state index contributed by atoms with van der Waals surface area (Å²) in [5.74, 6) is 1.49. The van der Waals surface area contributed by atoms with Gasteiger partial charge in [-0.3, -0.25) is 0 Å². The van der Waals surface area contributed by atoms with E-state index in [-0.39, 0.29) is 0 Å². The number of hydrogen-bond donors (Lipinski definition) is 0. The molecule has 1 fully saturated rings. The van der Waals surface area contributed by atoms with E-state index in [1.165, 1.54) is 5.56 Å². The number of halogens is 2. The minimum atomic E-state index is -0.508. The van der Waals surface area contributed by atoms with Gasteiger partial charge in [-0.25, -0.2) is 0 Å². The van der Waals surface area contributed by atoms with Gasteiger partial charge in [0, 0.05) is 23.5 Å². The first-order valence-electron chi connectivity index (χ1n) is 6.20. The summed E-state index contributed by atoms with van der Waals surface area (Å²) >= 11 is 14.4. The van der Waals surface area contributed by atoms with E-state index in [4.69, 9.17) is 23.2 Å². The standard InChI is InChI=1S/C14H19Cl2NS/c1-17(2)8-9-18-13(12-10-14(12,15)16)11-6-4-3-5-7-11/h3-7,12-13H,8-10H2,1-2H3. The highest BCUT2D eigenvalue weighted by Crippen LogP contribution is 2.62. The van der Waals surface area contributed by atoms with Crippen molar-refractivity contribution in [3.63, 3.8) is 0 Å². The van der Waals surface area contributed by atoms with Crippen molar-refractivity contribution in [2.45, 2.75) is 16.0 Å². The van der Waals surface area contributed by atoms with Gasteiger partial charge in [0.25, 0.3) is 0 Å². The van der Waals surface area contributed by atoms with Crippen LogP contribution in [0.3, 0.4) is 0 Å². The summed E-state index contributed by atoms with van der Waals surface area (Å²) < 4.78 is -0.508. The highest BCUT2D eigenvalue weighted by molar-refractivity contribution is 7.99. The maximum Gasteiger partial charge on any atom is 0.123 e. The number of thioether (sulfide) groups is 1. The highest BCUT2D eigenvalue weighted by atomic mass is 35.5. The van der Waals surface area contributed by atoms with E-state index in [1.54, 1.807) is 0 Å². The predicted octanol–water partition coefficient (Wildman–Crippen LogP) is 4.22. The SMILES string of the molecule is CN(C)CCSC(c1ccccc1)C1CC1(Cl)Cl. The van der Waals surface area contributed by atoms with E-state index >= 15 is 0 Å². The zero-order valence-corrected chi connectivity index (χ0v) is 13.1. The Hall–Kier alpha value is 0.110. The zero-order chi connectivity index (χ0) is 13.2. The van der Waals surface area contributed by atoms with Crippen molar-refractivity contribution in [3.8, 4) is 0 Å². The first-order chi connectivity index (χ1) is 8.50. The minimum Gasteiger partial charge on any atom is -0.309 e. The third kappa shape index (κ3) is 3.80. The van der Waals surface area contributed by atoms with Crippen molar-refractivity contribution in [2.24, 2.45) is 5.92 Å². The quantitative estimate of drug-likeness (QED) is 0.724. The third-order valence-corrected chi connectivity index (χ3v) is 5.45. The second kappa shape index (κ2) is 6.04. The van der Waals surface area contributed by atoms with Crippen LogP contribution in [0.2, 0.25) is 0 Å². The van der Waals surface area contributed by atoms with Gasteiger partial charge < -0.3 is 4.90 Å². The summed E-state index contributed by atoms with van der Waals surface area (Å²) in [5.41, 5.74) is 1.34. The van der Waals surface area contributed by atoms with E-state index in [2.05, 4.69) is 43.3 Å². The molecule has 0 bridgehead atoms. The largest absolute Gasteiger partial charge is 0.309 e. The lowest BCUT2D eigenvalue weighted by Crippen LogP contribution is -2.16. The summed E-state index contributed by atoms with van der Waals surface area (Å²) in [5, 5.41) is 0.418. The number of benzene rings is 1. The molecule has 0 aromatic heterocycles. The molecule has 100 valence electrons. The fraction of sp³-hybridized carbons (Fsp3) is 0.571. The Kier molecular flexibility index (Phi) is 4.87. The van der Waals surface area contributed by atoms with Crippen molar-refractivity contribution in [1.29, 1.82) is 0 Å². The normalized spacial score (nSPS) is 23.1. The Balaban J connectivity index is 2.00. The van der Waals surface area contributed by atoms with Crippen molar-refractivity contribution in [3.05, 3.63) is 35.9 Å². The van der Waals surface area contributed by atoms with Crippen LogP contribution in [0.4, 0.5) is 0 Å². The van der Waals surface area contributed by atoms with Crippen LogP contribution in [0.5, 0.6) is 0 Å². The molecule has 1 nitrogen and oxygen atoms in total. The van der Waals surface area contributed by atoms with Gasteiger partial charge in [-0.15, -0.1) is 23.2 Å². The minimum absolute atomic E-state index is 0.385. The number of rotatable bonds is 6. The lowest BCUT2D eigenvalue weighted by Gasteiger charge is -2.19. The maximum absolute atomic E-state index is 6.24. The molecule has 0 heterocycles.